The number of hydrogen-bond acceptors (Lipinski definition) is 5. The number of aromatic hydroxyl groups is 1. The molecule has 2 aromatic heterocycles. The van der Waals surface area contributed by atoms with Crippen molar-refractivity contribution in [3.63, 3.8) is 0 Å². The first-order valence-electron chi connectivity index (χ1n) is 7.95. The van der Waals surface area contributed by atoms with Crippen LogP contribution in [0.1, 0.15) is 5.01 Å². The van der Waals surface area contributed by atoms with Crippen LogP contribution in [0.5, 0.6) is 5.88 Å². The lowest BCUT2D eigenvalue weighted by molar-refractivity contribution is -0.117. The van der Waals surface area contributed by atoms with Crippen molar-refractivity contribution in [2.24, 2.45) is 10.2 Å². The first kappa shape index (κ1) is 16.2. The number of aromatic amines is 1. The van der Waals surface area contributed by atoms with E-state index in [1.807, 2.05) is 53.9 Å². The lowest BCUT2D eigenvalue weighted by Gasteiger charge is -1.94. The maximum atomic E-state index is 12.1. The third kappa shape index (κ3) is 3.25. The van der Waals surface area contributed by atoms with Gasteiger partial charge in [-0.05, 0) is 6.07 Å². The van der Waals surface area contributed by atoms with Gasteiger partial charge >= 0.3 is 0 Å². The van der Waals surface area contributed by atoms with E-state index in [0.717, 1.165) is 16.8 Å². The Kier molecular flexibility index (Phi) is 4.28. The fourth-order valence-electron chi connectivity index (χ4n) is 2.62. The number of aromatic nitrogens is 2. The molecule has 0 aliphatic carbocycles. The van der Waals surface area contributed by atoms with Crippen LogP contribution in [0.25, 0.3) is 22.2 Å². The summed E-state index contributed by atoms with van der Waals surface area (Å²) in [4.78, 5) is 19.4. The Bertz CT molecular complexity index is 1100. The molecular formula is C19H14N4O2S. The number of thiazole rings is 1. The zero-order valence-corrected chi connectivity index (χ0v) is 14.4. The van der Waals surface area contributed by atoms with Gasteiger partial charge in [0.1, 0.15) is 5.01 Å². The van der Waals surface area contributed by atoms with Gasteiger partial charge in [-0.2, -0.15) is 0 Å². The quantitative estimate of drug-likeness (QED) is 0.508. The average molecular weight is 362 g/mol. The first-order valence-corrected chi connectivity index (χ1v) is 8.83. The number of carbonyl (C=O) groups is 1. The van der Waals surface area contributed by atoms with E-state index in [9.17, 15) is 9.90 Å². The van der Waals surface area contributed by atoms with E-state index < -0.39 is 5.91 Å². The van der Waals surface area contributed by atoms with Crippen molar-refractivity contribution < 1.29 is 9.90 Å². The number of amides is 1. The van der Waals surface area contributed by atoms with Gasteiger partial charge in [0.05, 0.1) is 17.6 Å². The van der Waals surface area contributed by atoms with E-state index in [1.54, 1.807) is 6.07 Å². The van der Waals surface area contributed by atoms with Crippen LogP contribution in [0.2, 0.25) is 0 Å². The highest BCUT2D eigenvalue weighted by atomic mass is 32.1. The first-order chi connectivity index (χ1) is 12.7. The standard InChI is InChI=1S/C19H14N4O2S/c24-16(10-17-20-15(11-26-17)12-6-2-1-3-7-12)22-23-18-13-8-4-5-9-14(13)21-19(18)25/h1-9,11,21,25H,10H2. The Labute approximate surface area is 152 Å². The molecule has 0 radical (unpaired) electrons. The van der Waals surface area contributed by atoms with Gasteiger partial charge in [0.15, 0.2) is 5.69 Å². The van der Waals surface area contributed by atoms with Crippen LogP contribution in [0.15, 0.2) is 70.2 Å². The molecule has 7 heteroatoms. The number of H-pyrrole nitrogens is 1. The van der Waals surface area contributed by atoms with E-state index in [1.165, 1.54) is 11.3 Å². The van der Waals surface area contributed by atoms with Crippen LogP contribution >= 0.6 is 11.3 Å². The van der Waals surface area contributed by atoms with Crippen LogP contribution in [0.4, 0.5) is 5.69 Å². The number of carbonyl (C=O) groups excluding carboxylic acids is 1. The summed E-state index contributed by atoms with van der Waals surface area (Å²) in [5.41, 5.74) is 2.84. The summed E-state index contributed by atoms with van der Waals surface area (Å²) < 4.78 is 0. The molecule has 4 rings (SSSR count). The number of nitrogens with one attached hydrogen (secondary N) is 1. The molecule has 0 saturated heterocycles. The van der Waals surface area contributed by atoms with Gasteiger partial charge in [0.2, 0.25) is 5.88 Å². The van der Waals surface area contributed by atoms with E-state index in [2.05, 4.69) is 20.2 Å². The maximum absolute atomic E-state index is 12.1. The molecule has 1 amide bonds. The second kappa shape index (κ2) is 6.89. The minimum absolute atomic E-state index is 0.0735. The maximum Gasteiger partial charge on any atom is 0.271 e. The molecule has 0 bridgehead atoms. The van der Waals surface area contributed by atoms with Gasteiger partial charge in [0.25, 0.3) is 5.91 Å². The summed E-state index contributed by atoms with van der Waals surface area (Å²) in [6, 6.07) is 17.1. The van der Waals surface area contributed by atoms with Crippen molar-refractivity contribution in [2.45, 2.75) is 6.42 Å². The topological polar surface area (TPSA) is 90.7 Å². The number of fused-ring (bicyclic) bond motifs is 1. The van der Waals surface area contributed by atoms with E-state index in [-0.39, 0.29) is 18.0 Å². The number of azo groups is 1. The van der Waals surface area contributed by atoms with Crippen molar-refractivity contribution >= 4 is 33.8 Å². The van der Waals surface area contributed by atoms with Crippen LogP contribution in [-0.2, 0) is 11.2 Å². The third-order valence-electron chi connectivity index (χ3n) is 3.84. The Morgan fingerprint density at radius 1 is 1.12 bits per heavy atom. The van der Waals surface area contributed by atoms with Gasteiger partial charge in [-0.25, -0.2) is 4.98 Å². The Balaban J connectivity index is 1.50. The lowest BCUT2D eigenvalue weighted by Crippen LogP contribution is -1.97. The number of benzene rings is 2. The van der Waals surface area contributed by atoms with Crippen molar-refractivity contribution in [3.05, 3.63) is 65.0 Å². The molecule has 2 N–H and O–H groups in total. The predicted molar refractivity (Wildman–Crippen MR) is 101 cm³/mol. The van der Waals surface area contributed by atoms with Crippen LogP contribution in [0.3, 0.4) is 0 Å². The van der Waals surface area contributed by atoms with E-state index >= 15 is 0 Å². The van der Waals surface area contributed by atoms with Gasteiger partial charge in [-0.3, -0.25) is 4.79 Å². The second-order valence-electron chi connectivity index (χ2n) is 5.63. The predicted octanol–water partition coefficient (Wildman–Crippen LogP) is 4.85. The summed E-state index contributed by atoms with van der Waals surface area (Å²) in [6.45, 7) is 0. The minimum atomic E-state index is -0.413. The fourth-order valence-corrected chi connectivity index (χ4v) is 3.41. The molecule has 0 aliphatic rings. The third-order valence-corrected chi connectivity index (χ3v) is 4.69. The molecule has 128 valence electrons. The summed E-state index contributed by atoms with van der Waals surface area (Å²) in [7, 11) is 0. The highest BCUT2D eigenvalue weighted by Gasteiger charge is 2.12. The molecular weight excluding hydrogens is 348 g/mol. The van der Waals surface area contributed by atoms with Gasteiger partial charge in [0, 0.05) is 16.3 Å². The summed E-state index contributed by atoms with van der Waals surface area (Å²) in [5.74, 6) is -0.521. The monoisotopic (exact) mass is 362 g/mol. The minimum Gasteiger partial charge on any atom is -0.493 e. The van der Waals surface area contributed by atoms with E-state index in [4.69, 9.17) is 0 Å². The second-order valence-corrected chi connectivity index (χ2v) is 6.57. The van der Waals surface area contributed by atoms with Crippen molar-refractivity contribution in [1.29, 1.82) is 0 Å². The molecule has 2 heterocycles. The number of rotatable bonds is 4. The fraction of sp³-hybridized carbons (Fsp3) is 0.0526. The highest BCUT2D eigenvalue weighted by molar-refractivity contribution is 7.10. The molecule has 2 aromatic carbocycles. The SMILES string of the molecule is O=C(Cc1nc(-c2ccccc2)cs1)N=Nc1c(O)[nH]c2ccccc12. The number of para-hydroxylation sites is 1. The number of hydrogen-bond donors (Lipinski definition) is 2. The normalized spacial score (nSPS) is 11.4. The summed E-state index contributed by atoms with van der Waals surface area (Å²) in [6.07, 6.45) is 0.0735. The average Bonchev–Trinajstić information content (AvgIpc) is 3.24. The van der Waals surface area contributed by atoms with Crippen LogP contribution in [0, 0.1) is 0 Å². The molecule has 0 saturated carbocycles. The van der Waals surface area contributed by atoms with Crippen LogP contribution in [-0.4, -0.2) is 21.0 Å². The zero-order chi connectivity index (χ0) is 17.9. The van der Waals surface area contributed by atoms with Crippen molar-refractivity contribution in [3.8, 4) is 17.1 Å². The van der Waals surface area contributed by atoms with Crippen molar-refractivity contribution in [1.82, 2.24) is 9.97 Å². The van der Waals surface area contributed by atoms with E-state index in [0.29, 0.717) is 10.4 Å². The Hall–Kier alpha value is -3.32. The Morgan fingerprint density at radius 2 is 1.88 bits per heavy atom. The van der Waals surface area contributed by atoms with Gasteiger partial charge in [-0.15, -0.1) is 21.6 Å². The molecule has 0 unspecified atom stereocenters. The van der Waals surface area contributed by atoms with Crippen LogP contribution < -0.4 is 0 Å². The highest BCUT2D eigenvalue weighted by Crippen LogP contribution is 2.35. The number of nitrogens with zero attached hydrogens (tertiary/aromatic N) is 3. The smallest absolute Gasteiger partial charge is 0.271 e. The molecule has 26 heavy (non-hydrogen) atoms. The van der Waals surface area contributed by atoms with Crippen molar-refractivity contribution in [2.75, 3.05) is 0 Å². The van der Waals surface area contributed by atoms with Gasteiger partial charge in [-0.1, -0.05) is 48.5 Å². The molecule has 6 nitrogen and oxygen atoms in total. The summed E-state index contributed by atoms with van der Waals surface area (Å²) in [5, 5.41) is 20.9. The molecule has 4 aromatic rings. The molecule has 0 aliphatic heterocycles. The molecule has 0 fully saturated rings. The molecule has 0 atom stereocenters. The zero-order valence-electron chi connectivity index (χ0n) is 13.6. The lowest BCUT2D eigenvalue weighted by atomic mass is 10.2. The molecule has 0 spiro atoms. The largest absolute Gasteiger partial charge is 0.493 e. The Morgan fingerprint density at radius 3 is 2.73 bits per heavy atom. The summed E-state index contributed by atoms with van der Waals surface area (Å²) >= 11 is 1.41. The van der Waals surface area contributed by atoms with Gasteiger partial charge < -0.3 is 10.1 Å².